The molecular weight excluding hydrogens is 299 g/mol. The Bertz CT molecular complexity index is 783. The first-order valence-corrected chi connectivity index (χ1v) is 8.07. The Balaban J connectivity index is 2.44. The predicted octanol–water partition coefficient (Wildman–Crippen LogP) is 1.43. The molecule has 0 aliphatic carbocycles. The van der Waals surface area contributed by atoms with E-state index >= 15 is 0 Å². The van der Waals surface area contributed by atoms with Crippen molar-refractivity contribution in [1.29, 1.82) is 0 Å². The van der Waals surface area contributed by atoms with Gasteiger partial charge < -0.3 is 5.11 Å². The van der Waals surface area contributed by atoms with Gasteiger partial charge in [0.15, 0.2) is 0 Å². The fourth-order valence-electron chi connectivity index (χ4n) is 1.80. The van der Waals surface area contributed by atoms with Gasteiger partial charge in [0.05, 0.1) is 12.3 Å². The van der Waals surface area contributed by atoms with Crippen molar-refractivity contribution in [2.24, 2.45) is 0 Å². The summed E-state index contributed by atoms with van der Waals surface area (Å²) in [4.78, 5) is 11.2. The van der Waals surface area contributed by atoms with E-state index in [9.17, 15) is 17.6 Å². The molecule has 0 radical (unpaired) electrons. The van der Waals surface area contributed by atoms with Crippen molar-refractivity contribution in [3.63, 3.8) is 0 Å². The highest BCUT2D eigenvalue weighted by Crippen LogP contribution is 2.24. The van der Waals surface area contributed by atoms with Crippen LogP contribution >= 0.6 is 0 Å². The molecule has 0 atom stereocenters. The summed E-state index contributed by atoms with van der Waals surface area (Å²) in [6.07, 6.45) is 2.28. The van der Waals surface area contributed by atoms with Crippen LogP contribution in [-0.2, 0) is 16.4 Å². The summed E-state index contributed by atoms with van der Waals surface area (Å²) in [6, 6.07) is 5.68. The summed E-state index contributed by atoms with van der Waals surface area (Å²) in [5.74, 6) is -2.02. The Morgan fingerprint density at radius 2 is 2.05 bits per heavy atom. The van der Waals surface area contributed by atoms with Crippen LogP contribution in [0.5, 0.6) is 0 Å². The van der Waals surface area contributed by atoms with Crippen molar-refractivity contribution in [2.75, 3.05) is 12.0 Å². The van der Waals surface area contributed by atoms with Crippen molar-refractivity contribution < 1.29 is 22.7 Å². The summed E-state index contributed by atoms with van der Waals surface area (Å²) in [5.41, 5.74) is -0.129. The molecule has 8 heteroatoms. The van der Waals surface area contributed by atoms with Gasteiger partial charge in [0.25, 0.3) is 0 Å². The van der Waals surface area contributed by atoms with Crippen LogP contribution in [0.25, 0.3) is 11.3 Å². The van der Waals surface area contributed by atoms with Crippen molar-refractivity contribution in [3.05, 3.63) is 41.8 Å². The molecule has 112 valence electrons. The van der Waals surface area contributed by atoms with Gasteiger partial charge in [-0.15, -0.1) is 0 Å². The van der Waals surface area contributed by atoms with Crippen LogP contribution in [0.15, 0.2) is 30.5 Å². The maximum atomic E-state index is 13.8. The molecule has 0 aliphatic rings. The number of carboxylic acids is 1. The molecule has 1 aromatic heterocycles. The Labute approximate surface area is 120 Å². The number of sulfone groups is 1. The van der Waals surface area contributed by atoms with Crippen LogP contribution in [0.3, 0.4) is 0 Å². The number of benzene rings is 1. The third-order valence-electron chi connectivity index (χ3n) is 2.81. The van der Waals surface area contributed by atoms with E-state index in [4.69, 9.17) is 5.11 Å². The summed E-state index contributed by atoms with van der Waals surface area (Å²) in [6.45, 7) is 0.00751. The number of aromatic nitrogens is 2. The first kappa shape index (κ1) is 15.2. The van der Waals surface area contributed by atoms with Crippen LogP contribution in [0.1, 0.15) is 10.4 Å². The van der Waals surface area contributed by atoms with Gasteiger partial charge in [-0.3, -0.25) is 4.68 Å². The smallest absolute Gasteiger partial charge is 0.339 e. The number of rotatable bonds is 5. The summed E-state index contributed by atoms with van der Waals surface area (Å²) in [7, 11) is -3.20. The first-order chi connectivity index (χ1) is 9.78. The average Bonchev–Trinajstić information content (AvgIpc) is 2.80. The number of nitrogens with zero attached hydrogens (tertiary/aromatic N) is 2. The van der Waals surface area contributed by atoms with E-state index in [0.717, 1.165) is 6.26 Å². The minimum Gasteiger partial charge on any atom is -0.478 e. The maximum absolute atomic E-state index is 13.8. The third kappa shape index (κ3) is 3.66. The molecule has 1 N–H and O–H groups in total. The lowest BCUT2D eigenvalue weighted by Crippen LogP contribution is -2.11. The topological polar surface area (TPSA) is 89.3 Å². The van der Waals surface area contributed by atoms with E-state index in [1.165, 1.54) is 29.1 Å². The van der Waals surface area contributed by atoms with Gasteiger partial charge in [0.2, 0.25) is 0 Å². The molecule has 1 aromatic carbocycles. The Morgan fingerprint density at radius 1 is 1.38 bits per heavy atom. The average molecular weight is 312 g/mol. The molecule has 2 rings (SSSR count). The van der Waals surface area contributed by atoms with Crippen LogP contribution in [0.4, 0.5) is 4.39 Å². The van der Waals surface area contributed by atoms with Gasteiger partial charge in [0.1, 0.15) is 26.9 Å². The van der Waals surface area contributed by atoms with Crippen molar-refractivity contribution >= 4 is 15.8 Å². The van der Waals surface area contributed by atoms with Gasteiger partial charge in [0, 0.05) is 18.0 Å². The number of hydrogen-bond acceptors (Lipinski definition) is 4. The lowest BCUT2D eigenvalue weighted by molar-refractivity contribution is 0.0697. The van der Waals surface area contributed by atoms with Gasteiger partial charge in [-0.1, -0.05) is 12.1 Å². The Morgan fingerprint density at radius 3 is 2.62 bits per heavy atom. The van der Waals surface area contributed by atoms with Crippen molar-refractivity contribution in [1.82, 2.24) is 9.78 Å². The first-order valence-electron chi connectivity index (χ1n) is 6.01. The molecule has 0 saturated carbocycles. The number of carboxylic acid groups (broad SMARTS) is 1. The molecular formula is C13H13FN2O4S. The largest absolute Gasteiger partial charge is 0.478 e. The van der Waals surface area contributed by atoms with E-state index in [1.807, 2.05) is 0 Å². The minimum atomic E-state index is -3.20. The normalized spacial score (nSPS) is 11.5. The molecule has 6 nitrogen and oxygen atoms in total. The maximum Gasteiger partial charge on any atom is 0.339 e. The monoisotopic (exact) mass is 312 g/mol. The number of halogens is 1. The Hall–Kier alpha value is -2.22. The Kier molecular flexibility index (Phi) is 4.08. The number of aromatic carboxylic acids is 1. The lowest BCUT2D eigenvalue weighted by atomic mass is 10.1. The second kappa shape index (κ2) is 5.65. The van der Waals surface area contributed by atoms with Crippen LogP contribution in [-0.4, -0.2) is 41.3 Å². The number of aryl methyl sites for hydroxylation is 1. The van der Waals surface area contributed by atoms with Gasteiger partial charge in [-0.2, -0.15) is 5.10 Å². The fraction of sp³-hybridized carbons (Fsp3) is 0.231. The SMILES string of the molecule is CS(=O)(=O)CCn1cc(C(=O)O)c(-c2ccccc2F)n1. The zero-order valence-corrected chi connectivity index (χ0v) is 12.0. The van der Waals surface area contributed by atoms with Crippen LogP contribution < -0.4 is 0 Å². The third-order valence-corrected chi connectivity index (χ3v) is 3.74. The van der Waals surface area contributed by atoms with Gasteiger partial charge in [-0.05, 0) is 12.1 Å². The van der Waals surface area contributed by atoms with E-state index in [-0.39, 0.29) is 29.1 Å². The molecule has 1 heterocycles. The summed E-state index contributed by atoms with van der Waals surface area (Å²) < 4.78 is 37.2. The fourth-order valence-corrected chi connectivity index (χ4v) is 2.32. The van der Waals surface area contributed by atoms with Gasteiger partial charge >= 0.3 is 5.97 Å². The van der Waals surface area contributed by atoms with Crippen LogP contribution in [0.2, 0.25) is 0 Å². The standard InChI is InChI=1S/C13H13FN2O4S/c1-21(19,20)7-6-16-8-10(13(17)18)12(15-16)9-4-2-3-5-11(9)14/h2-5,8H,6-7H2,1H3,(H,17,18). The van der Waals surface area contributed by atoms with Crippen LogP contribution in [0, 0.1) is 5.82 Å². The van der Waals surface area contributed by atoms with E-state index in [1.54, 1.807) is 6.07 Å². The molecule has 2 aromatic rings. The molecule has 0 saturated heterocycles. The van der Waals surface area contributed by atoms with E-state index in [0.29, 0.717) is 0 Å². The summed E-state index contributed by atoms with van der Waals surface area (Å²) >= 11 is 0. The quantitative estimate of drug-likeness (QED) is 0.902. The van der Waals surface area contributed by atoms with Gasteiger partial charge in [-0.25, -0.2) is 17.6 Å². The predicted molar refractivity (Wildman–Crippen MR) is 74.3 cm³/mol. The summed E-state index contributed by atoms with van der Waals surface area (Å²) in [5, 5.41) is 13.2. The number of carbonyl (C=O) groups is 1. The number of hydrogen-bond donors (Lipinski definition) is 1. The second-order valence-corrected chi connectivity index (χ2v) is 6.83. The molecule has 0 amide bonds. The van der Waals surface area contributed by atoms with E-state index in [2.05, 4.69) is 5.10 Å². The molecule has 21 heavy (non-hydrogen) atoms. The highest BCUT2D eigenvalue weighted by molar-refractivity contribution is 7.90. The molecule has 0 unspecified atom stereocenters. The molecule has 0 spiro atoms. The highest BCUT2D eigenvalue weighted by Gasteiger charge is 2.19. The van der Waals surface area contributed by atoms with Crippen molar-refractivity contribution in [2.45, 2.75) is 6.54 Å². The zero-order chi connectivity index (χ0) is 15.6. The molecule has 0 aliphatic heterocycles. The lowest BCUT2D eigenvalue weighted by Gasteiger charge is -2.01. The minimum absolute atomic E-state index is 0.00751. The second-order valence-electron chi connectivity index (χ2n) is 4.57. The van der Waals surface area contributed by atoms with Crippen molar-refractivity contribution in [3.8, 4) is 11.3 Å². The zero-order valence-electron chi connectivity index (χ0n) is 11.2. The van der Waals surface area contributed by atoms with E-state index < -0.39 is 21.6 Å². The highest BCUT2D eigenvalue weighted by atomic mass is 32.2. The molecule has 0 fully saturated rings. The molecule has 0 bridgehead atoms.